The summed E-state index contributed by atoms with van der Waals surface area (Å²) in [5, 5.41) is 4.19. The number of hydrogen-bond acceptors (Lipinski definition) is 3. The van der Waals surface area contributed by atoms with Gasteiger partial charge in [0.05, 0.1) is 27.5 Å². The molecule has 0 aromatic heterocycles. The summed E-state index contributed by atoms with van der Waals surface area (Å²) in [6.45, 7) is 3.90. The van der Waals surface area contributed by atoms with Crippen LogP contribution in [0.1, 0.15) is 13.8 Å². The van der Waals surface area contributed by atoms with Crippen molar-refractivity contribution in [3.05, 3.63) is 46.4 Å². The van der Waals surface area contributed by atoms with Crippen molar-refractivity contribution in [1.82, 2.24) is 0 Å². The van der Waals surface area contributed by atoms with E-state index in [1.807, 2.05) is 38.1 Å². The number of anilines is 3. The molecule has 0 spiro atoms. The number of nitrogen functional groups attached to an aromatic ring is 1. The molecule has 0 heterocycles. The van der Waals surface area contributed by atoms with Crippen LogP contribution in [0.15, 0.2) is 36.4 Å². The molecule has 3 N–H and O–H groups in total. The van der Waals surface area contributed by atoms with Gasteiger partial charge in [0.15, 0.2) is 0 Å². The molecule has 0 radical (unpaired) electrons. The molecule has 2 aromatic carbocycles. The summed E-state index contributed by atoms with van der Waals surface area (Å²) < 4.78 is 5.65. The lowest BCUT2D eigenvalue weighted by Gasteiger charge is -2.15. The van der Waals surface area contributed by atoms with Crippen molar-refractivity contribution in [1.29, 1.82) is 0 Å². The van der Waals surface area contributed by atoms with Gasteiger partial charge >= 0.3 is 0 Å². The molecule has 0 saturated carbocycles. The monoisotopic (exact) mass is 310 g/mol. The van der Waals surface area contributed by atoms with Gasteiger partial charge in [-0.15, -0.1) is 0 Å². The Kier molecular flexibility index (Phi) is 4.63. The summed E-state index contributed by atoms with van der Waals surface area (Å²) in [5.41, 5.74) is 8.05. The van der Waals surface area contributed by atoms with Crippen LogP contribution in [-0.2, 0) is 0 Å². The zero-order valence-corrected chi connectivity index (χ0v) is 12.8. The van der Waals surface area contributed by atoms with Crippen molar-refractivity contribution in [3.8, 4) is 5.75 Å². The van der Waals surface area contributed by atoms with Gasteiger partial charge in [-0.1, -0.05) is 29.3 Å². The highest BCUT2D eigenvalue weighted by Gasteiger charge is 2.07. The van der Waals surface area contributed by atoms with Gasteiger partial charge in [0.1, 0.15) is 5.75 Å². The summed E-state index contributed by atoms with van der Waals surface area (Å²) in [6, 6.07) is 10.9. The molecule has 0 amide bonds. The van der Waals surface area contributed by atoms with Crippen molar-refractivity contribution in [2.45, 2.75) is 20.0 Å². The normalized spacial score (nSPS) is 10.7. The van der Waals surface area contributed by atoms with Gasteiger partial charge in [-0.2, -0.15) is 0 Å². The predicted molar refractivity (Wildman–Crippen MR) is 86.4 cm³/mol. The fraction of sp³-hybridized carbons (Fsp3) is 0.200. The first-order chi connectivity index (χ1) is 9.47. The maximum atomic E-state index is 6.15. The van der Waals surface area contributed by atoms with Crippen LogP contribution in [0.4, 0.5) is 17.1 Å². The zero-order valence-electron chi connectivity index (χ0n) is 11.3. The molecule has 0 unspecified atom stereocenters. The van der Waals surface area contributed by atoms with Gasteiger partial charge in [-0.05, 0) is 38.1 Å². The Bertz CT molecular complexity index is 615. The lowest BCUT2D eigenvalue weighted by molar-refractivity contribution is 0.244. The number of benzene rings is 2. The van der Waals surface area contributed by atoms with Crippen molar-refractivity contribution in [2.75, 3.05) is 11.1 Å². The van der Waals surface area contributed by atoms with Crippen molar-refractivity contribution >= 4 is 40.3 Å². The number of rotatable bonds is 4. The molecule has 2 rings (SSSR count). The Balaban J connectivity index is 2.27. The Morgan fingerprint density at radius 3 is 2.60 bits per heavy atom. The minimum absolute atomic E-state index is 0.0577. The molecule has 3 nitrogen and oxygen atoms in total. The Morgan fingerprint density at radius 2 is 1.90 bits per heavy atom. The second-order valence-electron chi connectivity index (χ2n) is 4.65. The number of hydrogen-bond donors (Lipinski definition) is 2. The van der Waals surface area contributed by atoms with Crippen LogP contribution in [0.3, 0.4) is 0 Å². The largest absolute Gasteiger partial charge is 0.489 e. The molecule has 0 aliphatic rings. The lowest BCUT2D eigenvalue weighted by atomic mass is 10.2. The van der Waals surface area contributed by atoms with E-state index in [9.17, 15) is 0 Å². The number of nitrogens with two attached hydrogens (primary N) is 1. The topological polar surface area (TPSA) is 47.3 Å². The molecule has 20 heavy (non-hydrogen) atoms. The van der Waals surface area contributed by atoms with Gasteiger partial charge in [-0.3, -0.25) is 0 Å². The molecule has 5 heteroatoms. The summed E-state index contributed by atoms with van der Waals surface area (Å²) in [4.78, 5) is 0. The highest BCUT2D eigenvalue weighted by Crippen LogP contribution is 2.33. The van der Waals surface area contributed by atoms with Crippen LogP contribution >= 0.6 is 23.2 Å². The van der Waals surface area contributed by atoms with Crippen LogP contribution in [0.2, 0.25) is 10.0 Å². The van der Waals surface area contributed by atoms with E-state index in [2.05, 4.69) is 5.32 Å². The van der Waals surface area contributed by atoms with E-state index in [-0.39, 0.29) is 6.10 Å². The number of ether oxygens (including phenoxy) is 1. The highest BCUT2D eigenvalue weighted by atomic mass is 35.5. The smallest absolute Gasteiger partial charge is 0.144 e. The third kappa shape index (κ3) is 3.50. The summed E-state index contributed by atoms with van der Waals surface area (Å²) in [7, 11) is 0. The molecule has 0 atom stereocenters. The lowest BCUT2D eigenvalue weighted by Crippen LogP contribution is -2.07. The standard InChI is InChI=1S/C15H16Cl2N2O/c1-9(2)20-14-8-10(6-7-12(14)18)19-13-5-3-4-11(16)15(13)17/h3-9,19H,18H2,1-2H3. The molecule has 0 fully saturated rings. The van der Waals surface area contributed by atoms with Crippen molar-refractivity contribution in [3.63, 3.8) is 0 Å². The van der Waals surface area contributed by atoms with E-state index >= 15 is 0 Å². The first-order valence-corrected chi connectivity index (χ1v) is 7.00. The van der Waals surface area contributed by atoms with Gasteiger partial charge in [0.2, 0.25) is 0 Å². The number of nitrogens with one attached hydrogen (secondary N) is 1. The third-order valence-electron chi connectivity index (χ3n) is 2.61. The van der Waals surface area contributed by atoms with Crippen molar-refractivity contribution in [2.24, 2.45) is 0 Å². The molecular weight excluding hydrogens is 295 g/mol. The predicted octanol–water partition coefficient (Wildman–Crippen LogP) is 5.11. The molecule has 106 valence electrons. The molecule has 0 aliphatic carbocycles. The second-order valence-corrected chi connectivity index (χ2v) is 5.43. The van der Waals surface area contributed by atoms with Crippen LogP contribution < -0.4 is 15.8 Å². The maximum Gasteiger partial charge on any atom is 0.144 e. The van der Waals surface area contributed by atoms with Crippen LogP contribution in [-0.4, -0.2) is 6.10 Å². The molecular formula is C15H16Cl2N2O. The fourth-order valence-corrected chi connectivity index (χ4v) is 2.07. The maximum absolute atomic E-state index is 6.15. The highest BCUT2D eigenvalue weighted by molar-refractivity contribution is 6.43. The first kappa shape index (κ1) is 14.8. The third-order valence-corrected chi connectivity index (χ3v) is 3.43. The average Bonchev–Trinajstić information content (AvgIpc) is 2.38. The SMILES string of the molecule is CC(C)Oc1cc(Nc2cccc(Cl)c2Cl)ccc1N. The van der Waals surface area contributed by atoms with E-state index in [0.29, 0.717) is 21.5 Å². The number of halogens is 2. The molecule has 0 saturated heterocycles. The van der Waals surface area contributed by atoms with Crippen LogP contribution in [0.25, 0.3) is 0 Å². The average molecular weight is 311 g/mol. The summed E-state index contributed by atoms with van der Waals surface area (Å²) in [6.07, 6.45) is 0.0577. The minimum atomic E-state index is 0.0577. The zero-order chi connectivity index (χ0) is 14.7. The van der Waals surface area contributed by atoms with Gasteiger partial charge in [0, 0.05) is 11.8 Å². The first-order valence-electron chi connectivity index (χ1n) is 6.24. The minimum Gasteiger partial charge on any atom is -0.489 e. The Morgan fingerprint density at radius 1 is 1.15 bits per heavy atom. The van der Waals surface area contributed by atoms with Crippen molar-refractivity contribution < 1.29 is 4.74 Å². The molecule has 2 aromatic rings. The Hall–Kier alpha value is -1.58. The van der Waals surface area contributed by atoms with E-state index in [0.717, 1.165) is 11.4 Å². The van der Waals surface area contributed by atoms with E-state index in [1.54, 1.807) is 12.1 Å². The fourth-order valence-electron chi connectivity index (χ4n) is 1.72. The quantitative estimate of drug-likeness (QED) is 0.772. The van der Waals surface area contributed by atoms with E-state index in [1.165, 1.54) is 0 Å². The van der Waals surface area contributed by atoms with Gasteiger partial charge < -0.3 is 15.8 Å². The van der Waals surface area contributed by atoms with Crippen LogP contribution in [0, 0.1) is 0 Å². The van der Waals surface area contributed by atoms with Gasteiger partial charge in [-0.25, -0.2) is 0 Å². The van der Waals surface area contributed by atoms with Crippen LogP contribution in [0.5, 0.6) is 5.75 Å². The van der Waals surface area contributed by atoms with Gasteiger partial charge in [0.25, 0.3) is 0 Å². The molecule has 0 aliphatic heterocycles. The summed E-state index contributed by atoms with van der Waals surface area (Å²) in [5.74, 6) is 0.642. The van der Waals surface area contributed by atoms with E-state index in [4.69, 9.17) is 33.7 Å². The Labute approximate surface area is 128 Å². The van der Waals surface area contributed by atoms with E-state index < -0.39 is 0 Å². The molecule has 0 bridgehead atoms. The summed E-state index contributed by atoms with van der Waals surface area (Å²) >= 11 is 12.1. The second kappa shape index (κ2) is 6.25.